The predicted octanol–water partition coefficient (Wildman–Crippen LogP) is 17.3. The van der Waals surface area contributed by atoms with Gasteiger partial charge in [-0.05, 0) is 86.9 Å². The molecule has 0 unspecified atom stereocenters. The number of aryl methyl sites for hydroxylation is 1. The molecule has 0 aliphatic carbocycles. The molecule has 0 radical (unpaired) electrons. The standard InChI is InChI=1S/C65H49N4O.Pt/c1-44-38-63(66-42-58(44)46-20-9-6-10-21-46)69-59-29-12-11-26-56(59)57-37-36-53(41-62(57)69)70-52-25-16-24-51(40-52)67-43-68(61-31-14-13-30-60(61)67)64-54(47-32-34-50(35-33-47)65(2,3)4)27-17-28-55(64)49-23-15-22-48(39-49)45-18-7-5-8-19-45;/h5-39,42-43H,1-4H3;/q-3;/i1D3;. The number of ether oxygens (including phenoxy) is 1. The fourth-order valence-electron chi connectivity index (χ4n) is 9.74. The minimum Gasteiger partial charge on any atom is -0.509 e. The molecule has 11 aromatic rings. The van der Waals surface area contributed by atoms with Crippen LogP contribution in [0.25, 0.3) is 72.1 Å². The van der Waals surface area contributed by atoms with Gasteiger partial charge in [0.05, 0.1) is 0 Å². The molecule has 2 aromatic heterocycles. The summed E-state index contributed by atoms with van der Waals surface area (Å²) in [5.41, 5.74) is 15.1. The Balaban J connectivity index is 0.00000588. The molecule has 12 rings (SSSR count). The SMILES string of the molecule is [2H]C([2H])([2H])c1cc(-n2c3[c-]c(Oc4[c-]c(N5[CH-]N(c6c(-c7ccc(C(C)(C)C)cc7)cccc6-c6cccc(-c7ccccc7)c6)c6ccccc65)ccc4)ccc3c3ccccc32)ncc1-c1ccccc1.[Pt]. The van der Waals surface area contributed by atoms with Gasteiger partial charge < -0.3 is 19.1 Å². The number of para-hydroxylation sites is 4. The molecule has 0 fully saturated rings. The van der Waals surface area contributed by atoms with Crippen LogP contribution in [0.3, 0.4) is 0 Å². The van der Waals surface area contributed by atoms with Crippen LogP contribution in [0.15, 0.2) is 219 Å². The predicted molar refractivity (Wildman–Crippen MR) is 289 cm³/mol. The number of hydrogen-bond donors (Lipinski definition) is 0. The van der Waals surface area contributed by atoms with Gasteiger partial charge in [-0.1, -0.05) is 178 Å². The second-order valence-electron chi connectivity index (χ2n) is 18.7. The second kappa shape index (κ2) is 18.7. The molecule has 0 bridgehead atoms. The third-order valence-corrected chi connectivity index (χ3v) is 13.2. The van der Waals surface area contributed by atoms with Gasteiger partial charge in [0, 0.05) is 82.1 Å². The van der Waals surface area contributed by atoms with Crippen LogP contribution in [0.2, 0.25) is 0 Å². The van der Waals surface area contributed by atoms with Gasteiger partial charge in [-0.3, -0.25) is 0 Å². The molecule has 0 spiro atoms. The topological polar surface area (TPSA) is 33.5 Å². The summed E-state index contributed by atoms with van der Waals surface area (Å²) in [6, 6.07) is 79.7. The van der Waals surface area contributed by atoms with Crippen molar-refractivity contribution in [2.45, 2.75) is 33.0 Å². The second-order valence-corrected chi connectivity index (χ2v) is 18.7. The largest absolute Gasteiger partial charge is 0.509 e. The van der Waals surface area contributed by atoms with Crippen molar-refractivity contribution in [1.82, 2.24) is 9.55 Å². The molecule has 5 nitrogen and oxygen atoms in total. The number of hydrogen-bond acceptors (Lipinski definition) is 4. The van der Waals surface area contributed by atoms with Crippen LogP contribution in [0.5, 0.6) is 11.5 Å². The van der Waals surface area contributed by atoms with Crippen LogP contribution in [0.1, 0.15) is 36.0 Å². The number of anilines is 4. The Bertz CT molecular complexity index is 3850. The maximum atomic E-state index is 8.55. The third kappa shape index (κ3) is 8.51. The third-order valence-electron chi connectivity index (χ3n) is 13.2. The Morgan fingerprint density at radius 2 is 1.14 bits per heavy atom. The first-order chi connectivity index (χ1) is 35.5. The first kappa shape index (κ1) is 41.9. The normalized spacial score (nSPS) is 13.1. The summed E-state index contributed by atoms with van der Waals surface area (Å²) in [5.74, 6) is 1.46. The summed E-state index contributed by atoms with van der Waals surface area (Å²) in [7, 11) is 0. The van der Waals surface area contributed by atoms with Gasteiger partial charge in [-0.15, -0.1) is 48.1 Å². The maximum Gasteiger partial charge on any atom is 0.135 e. The van der Waals surface area contributed by atoms with E-state index < -0.39 is 6.85 Å². The van der Waals surface area contributed by atoms with Gasteiger partial charge in [0.15, 0.2) is 0 Å². The first-order valence-electron chi connectivity index (χ1n) is 25.1. The van der Waals surface area contributed by atoms with E-state index in [4.69, 9.17) is 13.8 Å². The zero-order valence-electron chi connectivity index (χ0n) is 42.4. The van der Waals surface area contributed by atoms with E-state index >= 15 is 0 Å². The van der Waals surface area contributed by atoms with Crippen molar-refractivity contribution in [2.24, 2.45) is 0 Å². The molecule has 1 aliphatic heterocycles. The smallest absolute Gasteiger partial charge is 0.135 e. The monoisotopic (exact) mass is 1100 g/mol. The minimum absolute atomic E-state index is 0. The van der Waals surface area contributed by atoms with E-state index in [0.717, 1.165) is 78.0 Å². The van der Waals surface area contributed by atoms with Crippen LogP contribution in [0.4, 0.5) is 22.7 Å². The summed E-state index contributed by atoms with van der Waals surface area (Å²) in [6.45, 7) is 6.52. The van der Waals surface area contributed by atoms with Gasteiger partial charge in [-0.2, -0.15) is 12.1 Å². The van der Waals surface area contributed by atoms with Crippen molar-refractivity contribution >= 4 is 44.6 Å². The molecular formula is C65H49N4OPt-3. The van der Waals surface area contributed by atoms with E-state index in [2.05, 4.69) is 177 Å². The first-order valence-corrected chi connectivity index (χ1v) is 23.6. The zero-order valence-corrected chi connectivity index (χ0v) is 41.6. The fraction of sp³-hybridized carbons (Fsp3) is 0.0769. The Hall–Kier alpha value is -7.98. The number of rotatable bonds is 9. The van der Waals surface area contributed by atoms with E-state index in [1.165, 1.54) is 5.56 Å². The van der Waals surface area contributed by atoms with Crippen LogP contribution >= 0.6 is 0 Å². The zero-order chi connectivity index (χ0) is 49.8. The molecule has 0 N–H and O–H groups in total. The molecule has 3 heterocycles. The van der Waals surface area contributed by atoms with Crippen LogP contribution in [-0.2, 0) is 26.5 Å². The molecule has 1 aliphatic rings. The van der Waals surface area contributed by atoms with Crippen molar-refractivity contribution < 1.29 is 29.9 Å². The number of nitrogens with zero attached hydrogens (tertiary/aromatic N) is 4. The fourth-order valence-corrected chi connectivity index (χ4v) is 9.74. The van der Waals surface area contributed by atoms with E-state index in [-0.39, 0.29) is 32.0 Å². The maximum absolute atomic E-state index is 8.55. The van der Waals surface area contributed by atoms with E-state index in [1.54, 1.807) is 12.3 Å². The summed E-state index contributed by atoms with van der Waals surface area (Å²) >= 11 is 0. The molecule has 0 atom stereocenters. The van der Waals surface area contributed by atoms with Crippen molar-refractivity contribution in [2.75, 3.05) is 9.80 Å². The van der Waals surface area contributed by atoms with E-state index in [1.807, 2.05) is 83.4 Å². The van der Waals surface area contributed by atoms with Gasteiger partial charge in [0.2, 0.25) is 0 Å². The summed E-state index contributed by atoms with van der Waals surface area (Å²) in [4.78, 5) is 9.38. The van der Waals surface area contributed by atoms with Crippen molar-refractivity contribution in [3.8, 4) is 61.8 Å². The average molecular weight is 1100 g/mol. The van der Waals surface area contributed by atoms with Crippen molar-refractivity contribution in [3.05, 3.63) is 248 Å². The van der Waals surface area contributed by atoms with Crippen LogP contribution in [0, 0.1) is 25.7 Å². The summed E-state index contributed by atoms with van der Waals surface area (Å²) < 4.78 is 34.3. The summed E-state index contributed by atoms with van der Waals surface area (Å²) in [5, 5.41) is 1.92. The number of benzene rings is 9. The van der Waals surface area contributed by atoms with Gasteiger partial charge in [0.25, 0.3) is 0 Å². The number of aromatic nitrogens is 2. The molecule has 0 saturated heterocycles. The number of fused-ring (bicyclic) bond motifs is 4. The molecular weight excluding hydrogens is 1050 g/mol. The molecule has 0 saturated carbocycles. The Kier molecular flexibility index (Phi) is 11.1. The Morgan fingerprint density at radius 1 is 0.521 bits per heavy atom. The Morgan fingerprint density at radius 3 is 1.90 bits per heavy atom. The van der Waals surface area contributed by atoms with Crippen molar-refractivity contribution in [3.63, 3.8) is 0 Å². The molecule has 71 heavy (non-hydrogen) atoms. The summed E-state index contributed by atoms with van der Waals surface area (Å²) in [6.07, 6.45) is 1.66. The van der Waals surface area contributed by atoms with E-state index in [0.29, 0.717) is 28.4 Å². The van der Waals surface area contributed by atoms with E-state index in [9.17, 15) is 0 Å². The van der Waals surface area contributed by atoms with Gasteiger partial charge in [0.1, 0.15) is 5.82 Å². The van der Waals surface area contributed by atoms with Gasteiger partial charge in [-0.25, -0.2) is 4.98 Å². The molecule has 348 valence electrons. The molecule has 9 aromatic carbocycles. The van der Waals surface area contributed by atoms with Gasteiger partial charge >= 0.3 is 0 Å². The molecule has 0 amide bonds. The molecule has 6 heteroatoms. The quantitative estimate of drug-likeness (QED) is 0.135. The van der Waals surface area contributed by atoms with Crippen LogP contribution in [-0.4, -0.2) is 9.55 Å². The number of pyridine rings is 1. The Labute approximate surface area is 434 Å². The van der Waals surface area contributed by atoms with Crippen LogP contribution < -0.4 is 14.5 Å². The van der Waals surface area contributed by atoms with Crippen molar-refractivity contribution in [1.29, 1.82) is 0 Å². The minimum atomic E-state index is -2.39. The average Bonchev–Trinajstić information content (AvgIpc) is 3.97.